The van der Waals surface area contributed by atoms with Gasteiger partial charge in [-0.05, 0) is 48.9 Å². The highest BCUT2D eigenvalue weighted by molar-refractivity contribution is 5.20. The fraction of sp³-hybridized carbons (Fsp3) is 0.800. The maximum atomic E-state index is 6.32. The molecular weight excluding hydrogens is 222 g/mol. The zero-order valence-electron chi connectivity index (χ0n) is 11.3. The van der Waals surface area contributed by atoms with Crippen LogP contribution < -0.4 is 5.73 Å². The number of hydrogen-bond donors (Lipinski definition) is 1. The first-order valence-corrected chi connectivity index (χ1v) is 7.45. The van der Waals surface area contributed by atoms with Crippen molar-refractivity contribution in [3.63, 3.8) is 0 Å². The Morgan fingerprint density at radius 1 is 1.28 bits per heavy atom. The first kappa shape index (κ1) is 11.0. The Morgan fingerprint density at radius 3 is 2.56 bits per heavy atom. The standard InChI is InChI=1S/C15H23N3/c1-8(2)14(16)11-6-17-7-18(11)15-12-9-3-4-10(5-9)13(12)15/h6-10,12-15H,3-5,16H2,1-2H3. The Hall–Kier alpha value is -0.830. The van der Waals surface area contributed by atoms with Crippen molar-refractivity contribution >= 4 is 0 Å². The molecule has 3 aliphatic carbocycles. The lowest BCUT2D eigenvalue weighted by Crippen LogP contribution is -2.21. The fourth-order valence-corrected chi connectivity index (χ4v) is 4.81. The van der Waals surface area contributed by atoms with Crippen molar-refractivity contribution < 1.29 is 0 Å². The molecule has 1 aromatic rings. The zero-order chi connectivity index (χ0) is 12.4. The first-order valence-electron chi connectivity index (χ1n) is 7.45. The molecular formula is C15H23N3. The van der Waals surface area contributed by atoms with Crippen LogP contribution in [0.25, 0.3) is 0 Å². The Kier molecular flexibility index (Phi) is 2.20. The number of hydrogen-bond acceptors (Lipinski definition) is 2. The Balaban J connectivity index is 1.62. The summed E-state index contributed by atoms with van der Waals surface area (Å²) in [6, 6.07) is 0.866. The van der Waals surface area contributed by atoms with Crippen molar-refractivity contribution in [1.82, 2.24) is 9.55 Å². The van der Waals surface area contributed by atoms with Crippen LogP contribution in [0.1, 0.15) is 50.9 Å². The molecule has 0 aliphatic heterocycles. The third-order valence-corrected chi connectivity index (χ3v) is 5.77. The fourth-order valence-electron chi connectivity index (χ4n) is 4.81. The number of aromatic nitrogens is 2. The summed E-state index contributed by atoms with van der Waals surface area (Å²) < 4.78 is 2.42. The minimum Gasteiger partial charge on any atom is -0.329 e. The lowest BCUT2D eigenvalue weighted by Gasteiger charge is -2.19. The summed E-state index contributed by atoms with van der Waals surface area (Å²) in [4.78, 5) is 4.37. The molecule has 3 aliphatic rings. The summed E-state index contributed by atoms with van der Waals surface area (Å²) in [5.41, 5.74) is 7.58. The Bertz CT molecular complexity index is 448. The summed E-state index contributed by atoms with van der Waals surface area (Å²) in [7, 11) is 0. The maximum Gasteiger partial charge on any atom is 0.0951 e. The monoisotopic (exact) mass is 245 g/mol. The first-order chi connectivity index (χ1) is 8.68. The van der Waals surface area contributed by atoms with Crippen LogP contribution in [0, 0.1) is 29.6 Å². The summed E-state index contributed by atoms with van der Waals surface area (Å²) in [6.45, 7) is 4.39. The van der Waals surface area contributed by atoms with E-state index in [1.54, 1.807) is 0 Å². The Morgan fingerprint density at radius 2 is 1.94 bits per heavy atom. The molecule has 0 aromatic carbocycles. The molecule has 3 saturated carbocycles. The molecule has 1 heterocycles. The van der Waals surface area contributed by atoms with Gasteiger partial charge in [-0.3, -0.25) is 0 Å². The Labute approximate surface area is 109 Å². The second-order valence-electron chi connectivity index (χ2n) is 6.97. The number of nitrogens with zero attached hydrogens (tertiary/aromatic N) is 2. The predicted octanol–water partition coefficient (Wildman–Crippen LogP) is 2.76. The molecule has 18 heavy (non-hydrogen) atoms. The molecule has 2 N–H and O–H groups in total. The molecule has 2 bridgehead atoms. The van der Waals surface area contributed by atoms with Crippen LogP contribution in [0.4, 0.5) is 0 Å². The van der Waals surface area contributed by atoms with E-state index < -0.39 is 0 Å². The van der Waals surface area contributed by atoms with Crippen molar-refractivity contribution in [3.8, 4) is 0 Å². The van der Waals surface area contributed by atoms with Crippen LogP contribution in [0.5, 0.6) is 0 Å². The molecule has 3 heteroatoms. The average Bonchev–Trinajstić information content (AvgIpc) is 2.80. The lowest BCUT2D eigenvalue weighted by atomic mass is 10.0. The van der Waals surface area contributed by atoms with Gasteiger partial charge in [0.1, 0.15) is 0 Å². The maximum absolute atomic E-state index is 6.32. The highest BCUT2D eigenvalue weighted by atomic mass is 15.1. The quantitative estimate of drug-likeness (QED) is 0.890. The van der Waals surface area contributed by atoms with Gasteiger partial charge in [-0.2, -0.15) is 0 Å². The molecule has 5 unspecified atom stereocenters. The van der Waals surface area contributed by atoms with Gasteiger partial charge in [-0.1, -0.05) is 13.8 Å². The average molecular weight is 245 g/mol. The van der Waals surface area contributed by atoms with E-state index in [2.05, 4.69) is 23.4 Å². The highest BCUT2D eigenvalue weighted by Crippen LogP contribution is 2.71. The van der Waals surface area contributed by atoms with Gasteiger partial charge < -0.3 is 10.3 Å². The second-order valence-corrected chi connectivity index (χ2v) is 6.97. The molecule has 1 aromatic heterocycles. The summed E-state index contributed by atoms with van der Waals surface area (Å²) in [5.74, 6) is 4.41. The number of imidazole rings is 1. The molecule has 98 valence electrons. The third-order valence-electron chi connectivity index (χ3n) is 5.77. The molecule has 5 atom stereocenters. The second kappa shape index (κ2) is 3.60. The van der Waals surface area contributed by atoms with Gasteiger partial charge in [0.05, 0.1) is 12.0 Å². The van der Waals surface area contributed by atoms with E-state index in [1.807, 2.05) is 12.5 Å². The molecule has 0 amide bonds. The largest absolute Gasteiger partial charge is 0.329 e. The molecule has 0 spiro atoms. The number of nitrogens with two attached hydrogens (primary N) is 1. The van der Waals surface area contributed by atoms with Crippen molar-refractivity contribution in [3.05, 3.63) is 18.2 Å². The smallest absolute Gasteiger partial charge is 0.0951 e. The van der Waals surface area contributed by atoms with Gasteiger partial charge in [-0.25, -0.2) is 4.98 Å². The van der Waals surface area contributed by atoms with E-state index in [9.17, 15) is 0 Å². The molecule has 3 nitrogen and oxygen atoms in total. The summed E-state index contributed by atoms with van der Waals surface area (Å²) in [6.07, 6.45) is 8.47. The van der Waals surface area contributed by atoms with Crippen molar-refractivity contribution in [2.24, 2.45) is 35.3 Å². The van der Waals surface area contributed by atoms with Crippen LogP contribution in [-0.2, 0) is 0 Å². The normalized spacial score (nSPS) is 42.3. The van der Waals surface area contributed by atoms with E-state index in [-0.39, 0.29) is 6.04 Å². The number of rotatable bonds is 3. The van der Waals surface area contributed by atoms with Gasteiger partial charge >= 0.3 is 0 Å². The van der Waals surface area contributed by atoms with Crippen molar-refractivity contribution in [2.75, 3.05) is 0 Å². The lowest BCUT2D eigenvalue weighted by molar-refractivity contribution is 0.421. The molecule has 4 rings (SSSR count). The SMILES string of the molecule is CC(C)C(N)c1cncn1C1C2C3CCC(C3)C21. The third kappa shape index (κ3) is 1.31. The van der Waals surface area contributed by atoms with Crippen LogP contribution in [0.3, 0.4) is 0 Å². The molecule has 0 saturated heterocycles. The van der Waals surface area contributed by atoms with Gasteiger partial charge in [0.15, 0.2) is 0 Å². The van der Waals surface area contributed by atoms with Crippen molar-refractivity contribution in [2.45, 2.75) is 45.2 Å². The van der Waals surface area contributed by atoms with E-state index in [1.165, 1.54) is 25.0 Å². The topological polar surface area (TPSA) is 43.8 Å². The number of fused-ring (bicyclic) bond motifs is 5. The molecule has 3 fully saturated rings. The van der Waals surface area contributed by atoms with Gasteiger partial charge in [0, 0.05) is 18.3 Å². The highest BCUT2D eigenvalue weighted by Gasteiger charge is 2.66. The summed E-state index contributed by atoms with van der Waals surface area (Å²) in [5, 5.41) is 0. The minimum atomic E-state index is 0.131. The van der Waals surface area contributed by atoms with E-state index in [4.69, 9.17) is 5.73 Å². The zero-order valence-corrected chi connectivity index (χ0v) is 11.3. The van der Waals surface area contributed by atoms with Crippen LogP contribution in [0.15, 0.2) is 12.5 Å². The van der Waals surface area contributed by atoms with E-state index in [0.29, 0.717) is 5.92 Å². The van der Waals surface area contributed by atoms with Gasteiger partial charge in [0.25, 0.3) is 0 Å². The van der Waals surface area contributed by atoms with Crippen LogP contribution in [-0.4, -0.2) is 9.55 Å². The van der Waals surface area contributed by atoms with Crippen LogP contribution >= 0.6 is 0 Å². The van der Waals surface area contributed by atoms with Gasteiger partial charge in [0.2, 0.25) is 0 Å². The molecule has 0 radical (unpaired) electrons. The predicted molar refractivity (Wildman–Crippen MR) is 70.8 cm³/mol. The minimum absolute atomic E-state index is 0.131. The van der Waals surface area contributed by atoms with E-state index >= 15 is 0 Å². The van der Waals surface area contributed by atoms with Gasteiger partial charge in [-0.15, -0.1) is 0 Å². The van der Waals surface area contributed by atoms with Crippen LogP contribution in [0.2, 0.25) is 0 Å². The summed E-state index contributed by atoms with van der Waals surface area (Å²) >= 11 is 0. The van der Waals surface area contributed by atoms with Crippen molar-refractivity contribution in [1.29, 1.82) is 0 Å². The van der Waals surface area contributed by atoms with E-state index in [0.717, 1.165) is 29.7 Å².